The molecule has 9 heteroatoms. The lowest BCUT2D eigenvalue weighted by Gasteiger charge is -2.15. The molecule has 0 fully saturated rings. The van der Waals surface area contributed by atoms with Crippen molar-refractivity contribution in [2.45, 2.75) is 30.6 Å². The Bertz CT molecular complexity index is 1080. The number of methoxy groups -OCH3 is 1. The van der Waals surface area contributed by atoms with Crippen LogP contribution in [-0.4, -0.2) is 42.0 Å². The van der Waals surface area contributed by atoms with Crippen molar-refractivity contribution >= 4 is 15.8 Å². The van der Waals surface area contributed by atoms with Crippen molar-refractivity contribution < 1.29 is 17.9 Å². The van der Waals surface area contributed by atoms with Crippen molar-refractivity contribution in [3.63, 3.8) is 0 Å². The van der Waals surface area contributed by atoms with Gasteiger partial charge < -0.3 is 10.5 Å². The molecule has 0 aliphatic rings. The predicted octanol–water partition coefficient (Wildman–Crippen LogP) is 1.91. The van der Waals surface area contributed by atoms with Crippen LogP contribution in [0.3, 0.4) is 0 Å². The second kappa shape index (κ2) is 9.64. The maximum Gasteiger partial charge on any atom is 0.306 e. The molecule has 0 bridgehead atoms. The Morgan fingerprint density at radius 2 is 1.63 bits per heavy atom. The molecule has 0 radical (unpaired) electrons. The van der Waals surface area contributed by atoms with Gasteiger partial charge in [0.05, 0.1) is 31.9 Å². The maximum atomic E-state index is 12.9. The van der Waals surface area contributed by atoms with Crippen LogP contribution >= 0.6 is 0 Å². The molecular weight excluding hydrogens is 404 g/mol. The zero-order valence-electron chi connectivity index (χ0n) is 16.6. The van der Waals surface area contributed by atoms with Gasteiger partial charge in [-0.25, -0.2) is 8.42 Å². The second-order valence-corrected chi connectivity index (χ2v) is 8.86. The summed E-state index contributed by atoms with van der Waals surface area (Å²) in [7, 11) is -2.65. The molecule has 0 saturated heterocycles. The van der Waals surface area contributed by atoms with Gasteiger partial charge in [0, 0.05) is 0 Å². The van der Waals surface area contributed by atoms with Gasteiger partial charge in [-0.3, -0.25) is 9.36 Å². The number of ether oxygens (including phenoxy) is 1. The van der Waals surface area contributed by atoms with Crippen LogP contribution < -0.4 is 5.73 Å². The Morgan fingerprint density at radius 3 is 2.23 bits per heavy atom. The lowest BCUT2D eigenvalue weighted by atomic mass is 10.1. The van der Waals surface area contributed by atoms with E-state index >= 15 is 0 Å². The number of benzene rings is 2. The molecule has 0 aliphatic heterocycles. The van der Waals surface area contributed by atoms with Crippen molar-refractivity contribution in [3.05, 3.63) is 77.6 Å². The first-order valence-corrected chi connectivity index (χ1v) is 11.1. The average molecular weight is 429 g/mol. The zero-order valence-corrected chi connectivity index (χ0v) is 17.5. The van der Waals surface area contributed by atoms with Crippen LogP contribution in [0.4, 0.5) is 0 Å². The number of esters is 1. The summed E-state index contributed by atoms with van der Waals surface area (Å²) < 4.78 is 31.8. The van der Waals surface area contributed by atoms with E-state index in [4.69, 9.17) is 5.73 Å². The minimum absolute atomic E-state index is 0.200. The quantitative estimate of drug-likeness (QED) is 0.517. The molecule has 1 atom stereocenters. The third-order valence-corrected chi connectivity index (χ3v) is 6.24. The van der Waals surface area contributed by atoms with Crippen LogP contribution in [0.15, 0.2) is 65.8 Å². The highest BCUT2D eigenvalue weighted by molar-refractivity contribution is 7.91. The van der Waals surface area contributed by atoms with Crippen molar-refractivity contribution in [1.29, 1.82) is 0 Å². The van der Waals surface area contributed by atoms with Crippen LogP contribution in [0.2, 0.25) is 0 Å². The van der Waals surface area contributed by atoms with Crippen LogP contribution in [0.1, 0.15) is 29.4 Å². The fraction of sp³-hybridized carbons (Fsp3) is 0.286. The van der Waals surface area contributed by atoms with E-state index in [9.17, 15) is 13.2 Å². The van der Waals surface area contributed by atoms with Gasteiger partial charge in [0.1, 0.15) is 0 Å². The molecule has 30 heavy (non-hydrogen) atoms. The maximum absolute atomic E-state index is 12.9. The molecule has 0 saturated carbocycles. The van der Waals surface area contributed by atoms with E-state index in [0.29, 0.717) is 12.2 Å². The predicted molar refractivity (Wildman–Crippen MR) is 111 cm³/mol. The summed E-state index contributed by atoms with van der Waals surface area (Å²) in [6.07, 6.45) is 0.221. The van der Waals surface area contributed by atoms with E-state index < -0.39 is 27.6 Å². The number of hydrogen-bond acceptors (Lipinski definition) is 7. The summed E-state index contributed by atoms with van der Waals surface area (Å²) in [6.45, 7) is 0.248. The first kappa shape index (κ1) is 21.7. The molecule has 3 rings (SSSR count). The van der Waals surface area contributed by atoms with Crippen molar-refractivity contribution in [1.82, 2.24) is 14.8 Å². The van der Waals surface area contributed by atoms with Gasteiger partial charge in [0.25, 0.3) is 0 Å². The summed E-state index contributed by atoms with van der Waals surface area (Å²) in [5, 5.41) is 7.86. The van der Waals surface area contributed by atoms with Gasteiger partial charge in [0.15, 0.2) is 5.82 Å². The van der Waals surface area contributed by atoms with Crippen molar-refractivity contribution in [2.24, 2.45) is 5.73 Å². The highest BCUT2D eigenvalue weighted by Gasteiger charge is 2.28. The fourth-order valence-electron chi connectivity index (χ4n) is 3.09. The number of sulfone groups is 1. The standard InChI is InChI=1S/C21H24N4O4S/c1-29-19(26)12-13-30(27,28)21-24-23-20(18(22)14-16-8-4-2-5-9-16)25(21)15-17-10-6-3-7-11-17/h2-11,18H,12-15,22H2,1H3/t18-/m0/s1. The molecule has 2 N–H and O–H groups in total. The third kappa shape index (κ3) is 5.31. The Kier molecular flexibility index (Phi) is 6.96. The molecule has 158 valence electrons. The minimum Gasteiger partial charge on any atom is -0.469 e. The molecule has 3 aromatic rings. The third-order valence-electron chi connectivity index (χ3n) is 4.64. The Morgan fingerprint density at radius 1 is 1.03 bits per heavy atom. The number of carbonyl (C=O) groups excluding carboxylic acids is 1. The molecule has 0 aliphatic carbocycles. The molecule has 1 aromatic heterocycles. The number of hydrogen-bond donors (Lipinski definition) is 1. The van der Waals surface area contributed by atoms with Gasteiger partial charge in [0.2, 0.25) is 15.0 Å². The Labute approximate surface area is 175 Å². The number of carbonyl (C=O) groups is 1. The minimum atomic E-state index is -3.87. The lowest BCUT2D eigenvalue weighted by molar-refractivity contribution is -0.140. The van der Waals surface area contributed by atoms with Crippen LogP contribution in [-0.2, 0) is 32.3 Å². The monoisotopic (exact) mass is 428 g/mol. The summed E-state index contributed by atoms with van der Waals surface area (Å²) in [6, 6.07) is 18.5. The second-order valence-electron chi connectivity index (χ2n) is 6.85. The molecular formula is C21H24N4O4S. The van der Waals surface area contributed by atoms with E-state index in [1.807, 2.05) is 60.7 Å². The summed E-state index contributed by atoms with van der Waals surface area (Å²) in [5.41, 5.74) is 8.28. The first-order chi connectivity index (χ1) is 14.4. The Hall–Kier alpha value is -3.04. The molecule has 1 heterocycles. The highest BCUT2D eigenvalue weighted by atomic mass is 32.2. The fourth-order valence-corrected chi connectivity index (χ4v) is 4.37. The molecule has 0 spiro atoms. The van der Waals surface area contributed by atoms with Crippen LogP contribution in [0, 0.1) is 0 Å². The SMILES string of the molecule is COC(=O)CCS(=O)(=O)c1nnc([C@@H](N)Cc2ccccc2)n1Cc1ccccc1. The molecule has 2 aromatic carbocycles. The zero-order chi connectivity index (χ0) is 21.6. The summed E-state index contributed by atoms with van der Waals surface area (Å²) in [4.78, 5) is 11.4. The first-order valence-electron chi connectivity index (χ1n) is 9.47. The summed E-state index contributed by atoms with van der Waals surface area (Å²) in [5.74, 6) is -0.645. The number of nitrogens with zero attached hydrogens (tertiary/aromatic N) is 3. The Balaban J connectivity index is 1.95. The lowest BCUT2D eigenvalue weighted by Crippen LogP contribution is -2.22. The number of aromatic nitrogens is 3. The van der Waals surface area contributed by atoms with E-state index in [-0.39, 0.29) is 18.1 Å². The number of rotatable bonds is 9. The highest BCUT2D eigenvalue weighted by Crippen LogP contribution is 2.21. The van der Waals surface area contributed by atoms with E-state index in [1.165, 1.54) is 11.7 Å². The largest absolute Gasteiger partial charge is 0.469 e. The summed E-state index contributed by atoms with van der Waals surface area (Å²) >= 11 is 0. The smallest absolute Gasteiger partial charge is 0.306 e. The van der Waals surface area contributed by atoms with Gasteiger partial charge in [-0.15, -0.1) is 10.2 Å². The van der Waals surface area contributed by atoms with Gasteiger partial charge in [-0.05, 0) is 17.5 Å². The molecule has 0 unspecified atom stereocenters. The van der Waals surface area contributed by atoms with Gasteiger partial charge in [-0.1, -0.05) is 60.7 Å². The van der Waals surface area contributed by atoms with Crippen molar-refractivity contribution in [2.75, 3.05) is 12.9 Å². The van der Waals surface area contributed by atoms with Gasteiger partial charge >= 0.3 is 5.97 Å². The number of nitrogens with two attached hydrogens (primary N) is 1. The average Bonchev–Trinajstić information content (AvgIpc) is 3.18. The van der Waals surface area contributed by atoms with Gasteiger partial charge in [-0.2, -0.15) is 0 Å². The molecule has 8 nitrogen and oxygen atoms in total. The topological polar surface area (TPSA) is 117 Å². The van der Waals surface area contributed by atoms with E-state index in [2.05, 4.69) is 14.9 Å². The van der Waals surface area contributed by atoms with E-state index in [1.54, 1.807) is 0 Å². The van der Waals surface area contributed by atoms with Crippen LogP contribution in [0.25, 0.3) is 0 Å². The van der Waals surface area contributed by atoms with E-state index in [0.717, 1.165) is 11.1 Å². The molecule has 0 amide bonds. The normalized spacial score (nSPS) is 12.5. The van der Waals surface area contributed by atoms with Crippen LogP contribution in [0.5, 0.6) is 0 Å². The van der Waals surface area contributed by atoms with Crippen molar-refractivity contribution in [3.8, 4) is 0 Å².